The Labute approximate surface area is 105 Å². The van der Waals surface area contributed by atoms with Crippen molar-refractivity contribution < 1.29 is 15.0 Å². The number of fused-ring (bicyclic) bond motifs is 1. The molecule has 2 N–H and O–H groups in total. The molecule has 0 spiro atoms. The first kappa shape index (κ1) is 12.6. The van der Waals surface area contributed by atoms with Gasteiger partial charge in [0, 0.05) is 6.04 Å². The van der Waals surface area contributed by atoms with Crippen LogP contribution in [0.1, 0.15) is 49.1 Å². The maximum Gasteiger partial charge on any atom is 0.335 e. The SMILES string of the molecule is CC(O)c1nc2cc(C(=O)O)ccc2n1C(C)C. The van der Waals surface area contributed by atoms with Crippen LogP contribution < -0.4 is 0 Å². The van der Waals surface area contributed by atoms with E-state index in [0.717, 1.165) is 5.52 Å². The van der Waals surface area contributed by atoms with E-state index in [4.69, 9.17) is 5.11 Å². The molecule has 5 nitrogen and oxygen atoms in total. The first-order valence-corrected chi connectivity index (χ1v) is 5.85. The van der Waals surface area contributed by atoms with Crippen molar-refractivity contribution in [2.45, 2.75) is 32.9 Å². The molecule has 2 aromatic rings. The number of rotatable bonds is 3. The molecule has 0 aliphatic heterocycles. The van der Waals surface area contributed by atoms with Crippen molar-refractivity contribution in [3.63, 3.8) is 0 Å². The zero-order valence-corrected chi connectivity index (χ0v) is 10.6. The summed E-state index contributed by atoms with van der Waals surface area (Å²) in [6, 6.07) is 4.97. The third kappa shape index (κ3) is 1.97. The van der Waals surface area contributed by atoms with Gasteiger partial charge in [0.05, 0.1) is 16.6 Å². The minimum Gasteiger partial charge on any atom is -0.478 e. The fourth-order valence-electron chi connectivity index (χ4n) is 2.09. The summed E-state index contributed by atoms with van der Waals surface area (Å²) in [5.74, 6) is -0.419. The Morgan fingerprint density at radius 2 is 2.00 bits per heavy atom. The lowest BCUT2D eigenvalue weighted by molar-refractivity contribution is 0.0697. The molecule has 96 valence electrons. The number of nitrogens with zero attached hydrogens (tertiary/aromatic N) is 2. The van der Waals surface area contributed by atoms with Gasteiger partial charge in [0.1, 0.15) is 11.9 Å². The van der Waals surface area contributed by atoms with E-state index >= 15 is 0 Å². The highest BCUT2D eigenvalue weighted by Crippen LogP contribution is 2.25. The van der Waals surface area contributed by atoms with Gasteiger partial charge < -0.3 is 14.8 Å². The van der Waals surface area contributed by atoms with E-state index in [0.29, 0.717) is 11.3 Å². The summed E-state index contributed by atoms with van der Waals surface area (Å²) < 4.78 is 1.92. The van der Waals surface area contributed by atoms with E-state index in [2.05, 4.69) is 4.98 Å². The van der Waals surface area contributed by atoms with Gasteiger partial charge >= 0.3 is 5.97 Å². The molecule has 2 rings (SSSR count). The van der Waals surface area contributed by atoms with Crippen molar-refractivity contribution >= 4 is 17.0 Å². The van der Waals surface area contributed by atoms with Crippen molar-refractivity contribution in [1.29, 1.82) is 0 Å². The highest BCUT2D eigenvalue weighted by molar-refractivity contribution is 5.92. The first-order valence-electron chi connectivity index (χ1n) is 5.85. The number of hydrogen-bond acceptors (Lipinski definition) is 3. The summed E-state index contributed by atoms with van der Waals surface area (Å²) in [6.45, 7) is 5.65. The smallest absolute Gasteiger partial charge is 0.335 e. The van der Waals surface area contributed by atoms with Crippen LogP contribution in [0.2, 0.25) is 0 Å². The molecule has 1 heterocycles. The molecule has 18 heavy (non-hydrogen) atoms. The molecular weight excluding hydrogens is 232 g/mol. The number of hydrogen-bond donors (Lipinski definition) is 2. The quantitative estimate of drug-likeness (QED) is 0.874. The van der Waals surface area contributed by atoms with Crippen LogP contribution in [0.25, 0.3) is 11.0 Å². The van der Waals surface area contributed by atoms with E-state index in [1.54, 1.807) is 19.1 Å². The van der Waals surface area contributed by atoms with Crippen LogP contribution >= 0.6 is 0 Å². The molecule has 0 aliphatic carbocycles. The standard InChI is InChI=1S/C13H16N2O3/c1-7(2)15-11-5-4-9(13(17)18)6-10(11)14-12(15)8(3)16/h4-8,16H,1-3H3,(H,17,18). The number of aromatic carboxylic acids is 1. The Morgan fingerprint density at radius 1 is 1.33 bits per heavy atom. The number of aromatic nitrogens is 2. The Balaban J connectivity index is 2.72. The summed E-state index contributed by atoms with van der Waals surface area (Å²) in [7, 11) is 0. The van der Waals surface area contributed by atoms with Gasteiger partial charge in [0.25, 0.3) is 0 Å². The zero-order valence-electron chi connectivity index (χ0n) is 10.6. The third-order valence-corrected chi connectivity index (χ3v) is 2.85. The molecule has 0 amide bonds. The molecule has 5 heteroatoms. The van der Waals surface area contributed by atoms with Crippen LogP contribution in [0.15, 0.2) is 18.2 Å². The number of imidazole rings is 1. The molecule has 0 saturated heterocycles. The molecule has 1 aromatic heterocycles. The zero-order chi connectivity index (χ0) is 13.4. The van der Waals surface area contributed by atoms with Crippen LogP contribution in [-0.2, 0) is 0 Å². The predicted molar refractivity (Wildman–Crippen MR) is 67.7 cm³/mol. The monoisotopic (exact) mass is 248 g/mol. The second kappa shape index (κ2) is 4.42. The Bertz CT molecular complexity index is 600. The molecular formula is C13H16N2O3. The predicted octanol–water partition coefficient (Wildman–Crippen LogP) is 2.37. The van der Waals surface area contributed by atoms with Gasteiger partial charge in [-0.25, -0.2) is 9.78 Å². The molecule has 0 bridgehead atoms. The summed E-state index contributed by atoms with van der Waals surface area (Å²) in [5, 5.41) is 18.7. The van der Waals surface area contributed by atoms with Crippen molar-refractivity contribution in [2.75, 3.05) is 0 Å². The topological polar surface area (TPSA) is 75.3 Å². The van der Waals surface area contributed by atoms with Crippen LogP contribution in [0, 0.1) is 0 Å². The molecule has 1 unspecified atom stereocenters. The molecule has 0 radical (unpaired) electrons. The minimum atomic E-state index is -0.977. The van der Waals surface area contributed by atoms with Gasteiger partial charge in [-0.05, 0) is 39.0 Å². The van der Waals surface area contributed by atoms with Gasteiger partial charge in [-0.15, -0.1) is 0 Å². The number of aliphatic hydroxyl groups excluding tert-OH is 1. The highest BCUT2D eigenvalue weighted by Gasteiger charge is 2.17. The van der Waals surface area contributed by atoms with Gasteiger partial charge in [-0.3, -0.25) is 0 Å². The second-order valence-electron chi connectivity index (χ2n) is 4.62. The number of carbonyl (C=O) groups is 1. The lowest BCUT2D eigenvalue weighted by Gasteiger charge is -2.14. The summed E-state index contributed by atoms with van der Waals surface area (Å²) in [5.41, 5.74) is 1.64. The van der Waals surface area contributed by atoms with Crippen molar-refractivity contribution in [3.05, 3.63) is 29.6 Å². The van der Waals surface area contributed by atoms with E-state index < -0.39 is 12.1 Å². The normalized spacial score (nSPS) is 13.2. The maximum absolute atomic E-state index is 10.9. The first-order chi connectivity index (χ1) is 8.41. The molecule has 1 atom stereocenters. The number of carboxylic acids is 1. The van der Waals surface area contributed by atoms with E-state index in [1.807, 2.05) is 18.4 Å². The maximum atomic E-state index is 10.9. The fourth-order valence-corrected chi connectivity index (χ4v) is 2.09. The molecule has 0 fully saturated rings. The van der Waals surface area contributed by atoms with Crippen LogP contribution in [0.5, 0.6) is 0 Å². The Morgan fingerprint density at radius 3 is 2.50 bits per heavy atom. The second-order valence-corrected chi connectivity index (χ2v) is 4.62. The molecule has 0 saturated carbocycles. The number of carboxylic acid groups (broad SMARTS) is 1. The highest BCUT2D eigenvalue weighted by atomic mass is 16.4. The van der Waals surface area contributed by atoms with E-state index in [9.17, 15) is 9.90 Å². The van der Waals surface area contributed by atoms with Gasteiger partial charge in [-0.1, -0.05) is 0 Å². The largest absolute Gasteiger partial charge is 0.478 e. The Hall–Kier alpha value is -1.88. The lowest BCUT2D eigenvalue weighted by atomic mass is 10.2. The van der Waals surface area contributed by atoms with E-state index in [-0.39, 0.29) is 11.6 Å². The van der Waals surface area contributed by atoms with Crippen LogP contribution in [0.4, 0.5) is 0 Å². The average Bonchev–Trinajstić information content (AvgIpc) is 2.66. The summed E-state index contributed by atoms with van der Waals surface area (Å²) in [6.07, 6.45) is -0.687. The van der Waals surface area contributed by atoms with Gasteiger partial charge in [0.2, 0.25) is 0 Å². The number of benzene rings is 1. The van der Waals surface area contributed by atoms with Crippen molar-refractivity contribution in [1.82, 2.24) is 9.55 Å². The summed E-state index contributed by atoms with van der Waals surface area (Å²) >= 11 is 0. The van der Waals surface area contributed by atoms with Gasteiger partial charge in [0.15, 0.2) is 0 Å². The third-order valence-electron chi connectivity index (χ3n) is 2.85. The molecule has 1 aromatic carbocycles. The lowest BCUT2D eigenvalue weighted by Crippen LogP contribution is -2.08. The van der Waals surface area contributed by atoms with Crippen LogP contribution in [-0.4, -0.2) is 25.7 Å². The fraction of sp³-hybridized carbons (Fsp3) is 0.385. The summed E-state index contributed by atoms with van der Waals surface area (Å²) in [4.78, 5) is 15.2. The number of aliphatic hydroxyl groups is 1. The average molecular weight is 248 g/mol. The molecule has 0 aliphatic rings. The van der Waals surface area contributed by atoms with Crippen molar-refractivity contribution in [2.24, 2.45) is 0 Å². The van der Waals surface area contributed by atoms with Gasteiger partial charge in [-0.2, -0.15) is 0 Å². The van der Waals surface area contributed by atoms with Crippen LogP contribution in [0.3, 0.4) is 0 Å². The van der Waals surface area contributed by atoms with Crippen molar-refractivity contribution in [3.8, 4) is 0 Å². The minimum absolute atomic E-state index is 0.148. The van der Waals surface area contributed by atoms with E-state index in [1.165, 1.54) is 6.07 Å². The Kier molecular flexibility index (Phi) is 3.09.